The number of hydrogen-bond acceptors (Lipinski definition) is 6. The van der Waals surface area contributed by atoms with Crippen molar-refractivity contribution >= 4 is 28.4 Å². The molecule has 0 unspecified atom stereocenters. The number of nitrogens with one attached hydrogen (secondary N) is 2. The fourth-order valence-corrected chi connectivity index (χ4v) is 2.86. The number of hydrogen-bond donors (Lipinski definition) is 2. The summed E-state index contributed by atoms with van der Waals surface area (Å²) in [4.78, 5) is 7.32. The second-order valence-corrected chi connectivity index (χ2v) is 5.71. The fraction of sp³-hybridized carbons (Fsp3) is 0.235. The number of rotatable bonds is 3. The Morgan fingerprint density at radius 3 is 2.58 bits per heavy atom. The van der Waals surface area contributed by atoms with Crippen LogP contribution >= 0.6 is 0 Å². The van der Waals surface area contributed by atoms with Gasteiger partial charge in [-0.3, -0.25) is 0 Å². The number of para-hydroxylation sites is 2. The SMILES string of the molecule is [O-][n+]1nc(Nc2ccc(N3CCNCC3)cc2)nc2ccccc21. The van der Waals surface area contributed by atoms with Gasteiger partial charge in [-0.15, -0.1) is 0 Å². The monoisotopic (exact) mass is 322 g/mol. The molecule has 7 nitrogen and oxygen atoms in total. The van der Waals surface area contributed by atoms with Crippen molar-refractivity contribution in [3.63, 3.8) is 0 Å². The predicted octanol–water partition coefficient (Wildman–Crippen LogP) is 1.42. The van der Waals surface area contributed by atoms with E-state index in [9.17, 15) is 5.21 Å². The van der Waals surface area contributed by atoms with Gasteiger partial charge < -0.3 is 20.7 Å². The molecule has 0 radical (unpaired) electrons. The van der Waals surface area contributed by atoms with Crippen LogP contribution in [-0.2, 0) is 0 Å². The summed E-state index contributed by atoms with van der Waals surface area (Å²) in [7, 11) is 0. The number of benzene rings is 2. The molecule has 24 heavy (non-hydrogen) atoms. The number of aromatic nitrogens is 3. The Hall–Kier alpha value is -2.93. The third kappa shape index (κ3) is 2.93. The first-order valence-corrected chi connectivity index (χ1v) is 7.99. The van der Waals surface area contributed by atoms with Gasteiger partial charge in [0.2, 0.25) is 0 Å². The maximum atomic E-state index is 12.0. The van der Waals surface area contributed by atoms with Gasteiger partial charge in [0.1, 0.15) is 5.52 Å². The van der Waals surface area contributed by atoms with Crippen LogP contribution in [0.1, 0.15) is 0 Å². The van der Waals surface area contributed by atoms with Crippen LogP contribution in [0.2, 0.25) is 0 Å². The minimum absolute atomic E-state index is 0.290. The average molecular weight is 322 g/mol. The minimum Gasteiger partial charge on any atom is -0.594 e. The molecule has 1 fully saturated rings. The first kappa shape index (κ1) is 14.6. The highest BCUT2D eigenvalue weighted by Gasteiger charge is 2.12. The molecule has 4 rings (SSSR count). The zero-order valence-corrected chi connectivity index (χ0v) is 13.1. The van der Waals surface area contributed by atoms with Crippen LogP contribution in [0.5, 0.6) is 0 Å². The highest BCUT2D eigenvalue weighted by atomic mass is 16.5. The van der Waals surface area contributed by atoms with Crippen LogP contribution in [0.25, 0.3) is 11.0 Å². The summed E-state index contributed by atoms with van der Waals surface area (Å²) >= 11 is 0. The van der Waals surface area contributed by atoms with E-state index in [1.807, 2.05) is 18.2 Å². The summed E-state index contributed by atoms with van der Waals surface area (Å²) in [6.45, 7) is 4.04. The van der Waals surface area contributed by atoms with Crippen LogP contribution in [0.15, 0.2) is 48.5 Å². The molecule has 1 aliphatic rings. The van der Waals surface area contributed by atoms with Crippen molar-refractivity contribution in [2.24, 2.45) is 0 Å². The topological polar surface area (TPSA) is 80.0 Å². The lowest BCUT2D eigenvalue weighted by Crippen LogP contribution is -2.43. The van der Waals surface area contributed by atoms with Gasteiger partial charge >= 0.3 is 0 Å². The van der Waals surface area contributed by atoms with Gasteiger partial charge in [-0.1, -0.05) is 12.1 Å². The van der Waals surface area contributed by atoms with E-state index in [1.165, 1.54) is 5.69 Å². The van der Waals surface area contributed by atoms with Gasteiger partial charge in [-0.25, -0.2) is 4.98 Å². The van der Waals surface area contributed by atoms with Crippen LogP contribution in [0.3, 0.4) is 0 Å². The summed E-state index contributed by atoms with van der Waals surface area (Å²) in [6, 6.07) is 15.2. The van der Waals surface area contributed by atoms with Crippen molar-refractivity contribution in [2.75, 3.05) is 36.4 Å². The minimum atomic E-state index is 0.290. The van der Waals surface area contributed by atoms with Crippen molar-refractivity contribution in [1.82, 2.24) is 15.4 Å². The molecule has 1 aromatic heterocycles. The number of piperazine rings is 1. The van der Waals surface area contributed by atoms with Crippen molar-refractivity contribution in [3.05, 3.63) is 53.7 Å². The summed E-state index contributed by atoms with van der Waals surface area (Å²) in [5, 5.41) is 22.3. The second kappa shape index (κ2) is 6.29. The highest BCUT2D eigenvalue weighted by molar-refractivity contribution is 5.72. The molecule has 0 aliphatic carbocycles. The largest absolute Gasteiger partial charge is 0.594 e. The molecule has 0 bridgehead atoms. The van der Waals surface area contributed by atoms with Gasteiger partial charge in [0, 0.05) is 43.6 Å². The number of fused-ring (bicyclic) bond motifs is 1. The van der Waals surface area contributed by atoms with Crippen LogP contribution in [0, 0.1) is 5.21 Å². The molecule has 1 saturated heterocycles. The molecule has 2 N–H and O–H groups in total. The van der Waals surface area contributed by atoms with Crippen molar-refractivity contribution in [1.29, 1.82) is 0 Å². The Balaban J connectivity index is 1.54. The lowest BCUT2D eigenvalue weighted by molar-refractivity contribution is -0.641. The van der Waals surface area contributed by atoms with Crippen molar-refractivity contribution in [2.45, 2.75) is 0 Å². The van der Waals surface area contributed by atoms with Gasteiger partial charge in [0.05, 0.1) is 5.10 Å². The standard InChI is InChI=1S/C17H18N6O/c24-23-16-4-2-1-3-15(16)20-17(21-23)19-13-5-7-14(8-6-13)22-11-9-18-10-12-22/h1-8,18H,9-12H2,(H,19,20,21). The molecular formula is C17H18N6O. The van der Waals surface area contributed by atoms with Crippen LogP contribution < -0.4 is 20.4 Å². The Morgan fingerprint density at radius 2 is 1.79 bits per heavy atom. The van der Waals surface area contributed by atoms with E-state index in [0.717, 1.165) is 31.9 Å². The van der Waals surface area contributed by atoms with Gasteiger partial charge in [0.15, 0.2) is 0 Å². The average Bonchev–Trinajstić information content (AvgIpc) is 2.63. The molecule has 0 saturated carbocycles. The zero-order valence-electron chi connectivity index (χ0n) is 13.1. The summed E-state index contributed by atoms with van der Waals surface area (Å²) < 4.78 is 0. The smallest absolute Gasteiger partial charge is 0.295 e. The van der Waals surface area contributed by atoms with Gasteiger partial charge in [-0.05, 0) is 35.2 Å². The fourth-order valence-electron chi connectivity index (χ4n) is 2.86. The van der Waals surface area contributed by atoms with Gasteiger partial charge in [0.25, 0.3) is 11.5 Å². The van der Waals surface area contributed by atoms with E-state index in [4.69, 9.17) is 0 Å². The maximum absolute atomic E-state index is 12.0. The lowest BCUT2D eigenvalue weighted by atomic mass is 10.2. The molecule has 122 valence electrons. The third-order valence-electron chi connectivity index (χ3n) is 4.11. The first-order valence-electron chi connectivity index (χ1n) is 7.99. The van der Waals surface area contributed by atoms with E-state index in [0.29, 0.717) is 21.8 Å². The van der Waals surface area contributed by atoms with Crippen LogP contribution in [-0.4, -0.2) is 36.3 Å². The molecule has 0 amide bonds. The molecule has 2 heterocycles. The molecule has 0 atom stereocenters. The van der Waals surface area contributed by atoms with E-state index >= 15 is 0 Å². The number of nitrogens with zero attached hydrogens (tertiary/aromatic N) is 4. The van der Waals surface area contributed by atoms with Crippen molar-refractivity contribution < 1.29 is 4.85 Å². The first-order chi connectivity index (χ1) is 11.8. The van der Waals surface area contributed by atoms with Crippen molar-refractivity contribution in [3.8, 4) is 0 Å². The second-order valence-electron chi connectivity index (χ2n) is 5.71. The Kier molecular flexibility index (Phi) is 3.84. The molecule has 0 spiro atoms. The third-order valence-corrected chi connectivity index (χ3v) is 4.11. The molecule has 7 heteroatoms. The van der Waals surface area contributed by atoms with E-state index in [2.05, 4.69) is 37.7 Å². The molecular weight excluding hydrogens is 304 g/mol. The lowest BCUT2D eigenvalue weighted by Gasteiger charge is -2.29. The van der Waals surface area contributed by atoms with Gasteiger partial charge in [-0.2, -0.15) is 0 Å². The quantitative estimate of drug-likeness (QED) is 0.561. The zero-order chi connectivity index (χ0) is 16.4. The maximum Gasteiger partial charge on any atom is 0.295 e. The van der Waals surface area contributed by atoms with E-state index in [-0.39, 0.29) is 0 Å². The molecule has 2 aromatic carbocycles. The summed E-state index contributed by atoms with van der Waals surface area (Å²) in [6.07, 6.45) is 0. The van der Waals surface area contributed by atoms with E-state index in [1.54, 1.807) is 18.2 Å². The Morgan fingerprint density at radius 1 is 1.04 bits per heavy atom. The van der Waals surface area contributed by atoms with E-state index < -0.39 is 0 Å². The number of anilines is 3. The Bertz CT molecular complexity index is 845. The summed E-state index contributed by atoms with van der Waals surface area (Å²) in [5.41, 5.74) is 3.11. The molecule has 3 aromatic rings. The summed E-state index contributed by atoms with van der Waals surface area (Å²) in [5.74, 6) is 0.290. The highest BCUT2D eigenvalue weighted by Crippen LogP contribution is 2.20. The molecule has 1 aliphatic heterocycles. The normalized spacial score (nSPS) is 14.8. The van der Waals surface area contributed by atoms with Crippen LogP contribution in [0.4, 0.5) is 17.3 Å². The Labute approximate surface area is 139 Å². The predicted molar refractivity (Wildman–Crippen MR) is 93.3 cm³/mol.